The zero-order chi connectivity index (χ0) is 24.0. The molecule has 2 rings (SSSR count). The predicted octanol–water partition coefficient (Wildman–Crippen LogP) is 4.70. The number of terminal acetylenes is 1. The maximum Gasteiger partial charge on any atom is 0.573 e. The maximum absolute atomic E-state index is 12.8. The van der Waals surface area contributed by atoms with Crippen LogP contribution >= 0.6 is 11.6 Å². The number of halogens is 4. The minimum absolute atomic E-state index is 0.0548. The minimum Gasteiger partial charge on any atom is -0.479 e. The van der Waals surface area contributed by atoms with E-state index in [1.165, 1.54) is 13.0 Å². The fourth-order valence-electron chi connectivity index (χ4n) is 4.41. The largest absolute Gasteiger partial charge is 0.573 e. The number of carbonyl (C=O) groups excluding carboxylic acids is 1. The van der Waals surface area contributed by atoms with Crippen LogP contribution in [0.3, 0.4) is 0 Å². The number of carboxylic acids is 1. The molecule has 1 aromatic carbocycles. The molecule has 0 radical (unpaired) electrons. The second-order valence-corrected chi connectivity index (χ2v) is 9.13. The van der Waals surface area contributed by atoms with E-state index in [-0.39, 0.29) is 24.1 Å². The molecule has 0 unspecified atom stereocenters. The van der Waals surface area contributed by atoms with Crippen LogP contribution in [0.1, 0.15) is 46.1 Å². The molecule has 0 saturated carbocycles. The molecular weight excluding hydrogens is 439 g/mol. The van der Waals surface area contributed by atoms with Crippen molar-refractivity contribution in [3.8, 4) is 18.1 Å². The number of aliphatic carboxylic acids is 1. The van der Waals surface area contributed by atoms with Crippen molar-refractivity contribution >= 4 is 29.2 Å². The van der Waals surface area contributed by atoms with Crippen molar-refractivity contribution in [2.24, 2.45) is 0 Å². The summed E-state index contributed by atoms with van der Waals surface area (Å²) in [4.78, 5) is 26.3. The summed E-state index contributed by atoms with van der Waals surface area (Å²) >= 11 is 6.02. The lowest BCUT2D eigenvalue weighted by atomic mass is 9.73. The number of anilines is 1. The Hall–Kier alpha value is -2.44. The molecule has 1 amide bonds. The quantitative estimate of drug-likeness (QED) is 0.657. The highest BCUT2D eigenvalue weighted by Gasteiger charge is 2.58. The Morgan fingerprint density at radius 2 is 1.74 bits per heavy atom. The van der Waals surface area contributed by atoms with Gasteiger partial charge in [0.25, 0.3) is 0 Å². The van der Waals surface area contributed by atoms with E-state index in [2.05, 4.69) is 4.74 Å². The van der Waals surface area contributed by atoms with Crippen LogP contribution in [0, 0.1) is 19.3 Å². The number of amides is 1. The Morgan fingerprint density at radius 3 is 2.13 bits per heavy atom. The summed E-state index contributed by atoms with van der Waals surface area (Å²) in [6, 6.07) is 2.22. The molecule has 0 spiro atoms. The second kappa shape index (κ2) is 7.92. The van der Waals surface area contributed by atoms with Gasteiger partial charge < -0.3 is 14.6 Å². The first-order chi connectivity index (χ1) is 13.9. The van der Waals surface area contributed by atoms with Gasteiger partial charge in [0.1, 0.15) is 0 Å². The number of hydrogen-bond acceptors (Lipinski definition) is 4. The molecule has 0 bridgehead atoms. The Labute approximate surface area is 183 Å². The van der Waals surface area contributed by atoms with Crippen LogP contribution in [0.15, 0.2) is 12.1 Å². The van der Waals surface area contributed by atoms with Crippen molar-refractivity contribution in [3.05, 3.63) is 22.7 Å². The molecule has 6 nitrogen and oxygen atoms in total. The van der Waals surface area contributed by atoms with Crippen LogP contribution < -0.4 is 9.64 Å². The number of alkyl halides is 3. The summed E-state index contributed by atoms with van der Waals surface area (Å²) in [5, 5.41) is 9.80. The smallest absolute Gasteiger partial charge is 0.479 e. The molecule has 0 atom stereocenters. The maximum atomic E-state index is 12.8. The van der Waals surface area contributed by atoms with Gasteiger partial charge in [-0.2, -0.15) is 0 Å². The Kier molecular flexibility index (Phi) is 6.34. The zero-order valence-corrected chi connectivity index (χ0v) is 18.4. The van der Waals surface area contributed by atoms with Crippen LogP contribution in [-0.2, 0) is 14.3 Å². The van der Waals surface area contributed by atoms with Gasteiger partial charge in [-0.1, -0.05) is 11.6 Å². The molecule has 1 heterocycles. The molecule has 0 aliphatic carbocycles. The van der Waals surface area contributed by atoms with E-state index in [1.54, 1.807) is 27.7 Å². The monoisotopic (exact) mass is 461 g/mol. The summed E-state index contributed by atoms with van der Waals surface area (Å²) in [7, 11) is 0. The lowest BCUT2D eigenvalue weighted by Gasteiger charge is -2.53. The SMILES string of the molecule is C#CC(=O)N(c1cc(C)c(OC(F)(F)F)c(Cl)c1)C1(C(=O)O)CC(C)(C)OC(C)(C)C1. The highest BCUT2D eigenvalue weighted by atomic mass is 35.5. The normalized spacial score (nSPS) is 19.2. The lowest BCUT2D eigenvalue weighted by molar-refractivity contribution is -0.274. The van der Waals surface area contributed by atoms with Gasteiger partial charge in [-0.3, -0.25) is 9.69 Å². The average Bonchev–Trinajstić information content (AvgIpc) is 2.54. The topological polar surface area (TPSA) is 76.1 Å². The number of carbonyl (C=O) groups is 2. The third-order valence-electron chi connectivity index (χ3n) is 4.83. The van der Waals surface area contributed by atoms with Gasteiger partial charge in [0.05, 0.1) is 16.2 Å². The number of aryl methyl sites for hydroxylation is 1. The fourth-order valence-corrected chi connectivity index (χ4v) is 4.71. The van der Waals surface area contributed by atoms with Gasteiger partial charge in [0, 0.05) is 18.5 Å². The summed E-state index contributed by atoms with van der Waals surface area (Å²) in [5.41, 5.74) is -3.86. The molecule has 1 aromatic rings. The molecule has 1 saturated heterocycles. The molecular formula is C21H23ClF3NO5. The van der Waals surface area contributed by atoms with Crippen LogP contribution in [0.25, 0.3) is 0 Å². The molecule has 1 fully saturated rings. The second-order valence-electron chi connectivity index (χ2n) is 8.72. The lowest BCUT2D eigenvalue weighted by Crippen LogP contribution is -2.67. The summed E-state index contributed by atoms with van der Waals surface area (Å²) in [6.45, 7) is 8.02. The van der Waals surface area contributed by atoms with Gasteiger partial charge in [-0.15, -0.1) is 19.6 Å². The van der Waals surface area contributed by atoms with Crippen molar-refractivity contribution in [2.75, 3.05) is 4.90 Å². The van der Waals surface area contributed by atoms with E-state index >= 15 is 0 Å². The van der Waals surface area contributed by atoms with Crippen molar-refractivity contribution < 1.29 is 37.3 Å². The molecule has 31 heavy (non-hydrogen) atoms. The molecule has 10 heteroatoms. The van der Waals surface area contributed by atoms with Crippen molar-refractivity contribution in [2.45, 2.75) is 70.6 Å². The van der Waals surface area contributed by atoms with Gasteiger partial charge >= 0.3 is 18.2 Å². The van der Waals surface area contributed by atoms with Crippen LogP contribution in [0.4, 0.5) is 18.9 Å². The van der Waals surface area contributed by atoms with E-state index < -0.39 is 45.8 Å². The molecule has 1 aliphatic rings. The first-order valence-electron chi connectivity index (χ1n) is 9.23. The number of benzene rings is 1. The summed E-state index contributed by atoms with van der Waals surface area (Å²) < 4.78 is 48.0. The van der Waals surface area contributed by atoms with Crippen molar-refractivity contribution in [1.29, 1.82) is 0 Å². The number of carboxylic acid groups (broad SMARTS) is 1. The average molecular weight is 462 g/mol. The van der Waals surface area contributed by atoms with E-state index in [9.17, 15) is 27.9 Å². The van der Waals surface area contributed by atoms with E-state index in [1.807, 2.05) is 5.92 Å². The predicted molar refractivity (Wildman–Crippen MR) is 108 cm³/mol. The number of rotatable bonds is 4. The summed E-state index contributed by atoms with van der Waals surface area (Å²) in [6.07, 6.45) is 0.101. The van der Waals surface area contributed by atoms with Crippen LogP contribution in [0.5, 0.6) is 5.75 Å². The van der Waals surface area contributed by atoms with Crippen LogP contribution in [0.2, 0.25) is 5.02 Å². The van der Waals surface area contributed by atoms with Gasteiger partial charge in [-0.05, 0) is 58.2 Å². The molecule has 1 aliphatic heterocycles. The molecule has 170 valence electrons. The fraction of sp³-hybridized carbons (Fsp3) is 0.524. The number of ether oxygens (including phenoxy) is 2. The Morgan fingerprint density at radius 1 is 1.23 bits per heavy atom. The van der Waals surface area contributed by atoms with Gasteiger partial charge in [-0.25, -0.2) is 4.79 Å². The van der Waals surface area contributed by atoms with Crippen molar-refractivity contribution in [3.63, 3.8) is 0 Å². The van der Waals surface area contributed by atoms with Gasteiger partial charge in [0.2, 0.25) is 0 Å². The van der Waals surface area contributed by atoms with E-state index in [0.717, 1.165) is 11.0 Å². The zero-order valence-electron chi connectivity index (χ0n) is 17.7. The highest BCUT2D eigenvalue weighted by molar-refractivity contribution is 6.32. The Bertz CT molecular complexity index is 910. The number of nitrogens with zero attached hydrogens (tertiary/aromatic N) is 1. The van der Waals surface area contributed by atoms with E-state index in [0.29, 0.717) is 0 Å². The minimum atomic E-state index is -4.98. The highest BCUT2D eigenvalue weighted by Crippen LogP contribution is 2.47. The first kappa shape index (κ1) is 24.8. The molecule has 1 N–H and O–H groups in total. The standard InChI is InChI=1S/C21H23ClF3NO5/c1-7-15(27)26(13-8-12(2)16(14(22)9-13)30-21(23,24)25)20(17(28)29)10-18(3,4)31-19(5,6)11-20/h1,8-9H,10-11H2,2-6H3,(H,28,29). The third kappa shape index (κ3) is 5.25. The summed E-state index contributed by atoms with van der Waals surface area (Å²) in [5.74, 6) is -1.04. The van der Waals surface area contributed by atoms with E-state index in [4.69, 9.17) is 22.8 Å². The Balaban J connectivity index is 2.74. The first-order valence-corrected chi connectivity index (χ1v) is 9.61. The third-order valence-corrected chi connectivity index (χ3v) is 5.11. The number of hydrogen-bond donors (Lipinski definition) is 1. The van der Waals surface area contributed by atoms with Crippen LogP contribution in [-0.4, -0.2) is 40.1 Å². The van der Waals surface area contributed by atoms with Gasteiger partial charge in [0.15, 0.2) is 11.3 Å². The van der Waals surface area contributed by atoms with Crippen molar-refractivity contribution in [1.82, 2.24) is 0 Å². The molecule has 0 aromatic heterocycles.